The van der Waals surface area contributed by atoms with E-state index in [0.29, 0.717) is 6.54 Å². The monoisotopic (exact) mass is 409 g/mol. The molecule has 156 valence electrons. The van der Waals surface area contributed by atoms with Gasteiger partial charge in [0.25, 0.3) is 0 Å². The Hall–Kier alpha value is -3.20. The molecule has 9 heteroatoms. The van der Waals surface area contributed by atoms with Gasteiger partial charge < -0.3 is 14.2 Å². The molecule has 0 aliphatic carbocycles. The molecule has 3 atom stereocenters. The van der Waals surface area contributed by atoms with Crippen molar-refractivity contribution >= 4 is 23.5 Å². The molecular formula is C21H23N5O4. The number of hydrogen-bond acceptors (Lipinski definition) is 6. The summed E-state index contributed by atoms with van der Waals surface area (Å²) >= 11 is 0. The molecule has 2 N–H and O–H groups in total. The fourth-order valence-corrected chi connectivity index (χ4v) is 5.16. The van der Waals surface area contributed by atoms with E-state index < -0.39 is 29.3 Å². The van der Waals surface area contributed by atoms with Gasteiger partial charge in [-0.25, -0.2) is 9.78 Å². The van der Waals surface area contributed by atoms with Crippen molar-refractivity contribution in [2.75, 3.05) is 11.4 Å². The van der Waals surface area contributed by atoms with E-state index in [1.165, 1.54) is 0 Å². The third-order valence-electron chi connectivity index (χ3n) is 6.30. The summed E-state index contributed by atoms with van der Waals surface area (Å²) in [6.07, 6.45) is 3.39. The maximum absolute atomic E-state index is 13.2. The molecule has 3 aliphatic rings. The van der Waals surface area contributed by atoms with Gasteiger partial charge in [0.05, 0.1) is 30.3 Å². The van der Waals surface area contributed by atoms with Gasteiger partial charge in [-0.15, -0.1) is 0 Å². The molecule has 4 heterocycles. The third-order valence-corrected chi connectivity index (χ3v) is 6.30. The minimum atomic E-state index is -1.45. The Labute approximate surface area is 173 Å². The maximum Gasteiger partial charge on any atom is 0.328 e. The van der Waals surface area contributed by atoms with Crippen molar-refractivity contribution in [3.05, 3.63) is 42.0 Å². The van der Waals surface area contributed by atoms with Crippen LogP contribution in [0.3, 0.4) is 0 Å². The second-order valence-corrected chi connectivity index (χ2v) is 8.37. The van der Waals surface area contributed by atoms with Crippen molar-refractivity contribution in [1.29, 1.82) is 0 Å². The van der Waals surface area contributed by atoms with E-state index in [9.17, 15) is 14.4 Å². The molecule has 4 amide bonds. The number of aryl methyl sites for hydroxylation is 1. The summed E-state index contributed by atoms with van der Waals surface area (Å²) in [5, 5.41) is 4.62. The lowest BCUT2D eigenvalue weighted by Gasteiger charge is -2.55. The first-order valence-electron chi connectivity index (χ1n) is 10.0. The first-order valence-corrected chi connectivity index (χ1v) is 10.0. The highest BCUT2D eigenvalue weighted by molar-refractivity contribution is 6.20. The van der Waals surface area contributed by atoms with E-state index in [-0.39, 0.29) is 18.6 Å². The van der Waals surface area contributed by atoms with Crippen LogP contribution in [0.1, 0.15) is 25.1 Å². The number of imidazole rings is 1. The largest absolute Gasteiger partial charge is 0.372 e. The zero-order chi connectivity index (χ0) is 21.2. The number of nitrogens with zero attached hydrogens (tertiary/aromatic N) is 3. The zero-order valence-corrected chi connectivity index (χ0v) is 17.0. The Morgan fingerprint density at radius 2 is 1.90 bits per heavy atom. The van der Waals surface area contributed by atoms with Gasteiger partial charge in [0.1, 0.15) is 0 Å². The number of benzene rings is 1. The van der Waals surface area contributed by atoms with Crippen molar-refractivity contribution in [3.8, 4) is 5.69 Å². The molecular weight excluding hydrogens is 386 g/mol. The Balaban J connectivity index is 1.68. The van der Waals surface area contributed by atoms with Gasteiger partial charge in [-0.3, -0.25) is 20.2 Å². The van der Waals surface area contributed by atoms with Crippen LogP contribution in [0.4, 0.5) is 10.5 Å². The summed E-state index contributed by atoms with van der Waals surface area (Å²) in [5.41, 5.74) is 2.18. The summed E-state index contributed by atoms with van der Waals surface area (Å²) in [5.74, 6) is -1.16. The van der Waals surface area contributed by atoms with E-state index in [0.717, 1.165) is 22.6 Å². The number of imide groups is 2. The first-order chi connectivity index (χ1) is 14.3. The Bertz CT molecular complexity index is 1060. The predicted octanol–water partition coefficient (Wildman–Crippen LogP) is 1.07. The first kappa shape index (κ1) is 18.8. The second-order valence-electron chi connectivity index (χ2n) is 8.37. The van der Waals surface area contributed by atoms with Crippen molar-refractivity contribution < 1.29 is 19.1 Å². The zero-order valence-electron chi connectivity index (χ0n) is 17.0. The molecule has 1 spiro atoms. The number of ether oxygens (including phenoxy) is 1. The summed E-state index contributed by atoms with van der Waals surface area (Å²) in [4.78, 5) is 44.4. The summed E-state index contributed by atoms with van der Waals surface area (Å²) in [6.45, 7) is 6.31. The molecule has 2 aromatic rings. The number of amides is 4. The van der Waals surface area contributed by atoms with Crippen LogP contribution in [0.25, 0.3) is 5.69 Å². The quantitative estimate of drug-likeness (QED) is 0.683. The van der Waals surface area contributed by atoms with Crippen LogP contribution in [-0.4, -0.2) is 52.2 Å². The van der Waals surface area contributed by atoms with Gasteiger partial charge in [0.15, 0.2) is 5.41 Å². The number of hydrogen-bond donors (Lipinski definition) is 2. The number of carbonyl (C=O) groups excluding carboxylic acids is 3. The van der Waals surface area contributed by atoms with Gasteiger partial charge in [0.2, 0.25) is 11.8 Å². The van der Waals surface area contributed by atoms with Gasteiger partial charge in [-0.05, 0) is 51.0 Å². The van der Waals surface area contributed by atoms with Crippen LogP contribution in [0.5, 0.6) is 0 Å². The molecule has 30 heavy (non-hydrogen) atoms. The third kappa shape index (κ3) is 2.58. The van der Waals surface area contributed by atoms with E-state index in [4.69, 9.17) is 4.74 Å². The number of nitrogens with one attached hydrogen (secondary N) is 2. The molecule has 3 aliphatic heterocycles. The summed E-state index contributed by atoms with van der Waals surface area (Å²) in [7, 11) is 0. The lowest BCUT2D eigenvalue weighted by Crippen LogP contribution is -2.75. The number of fused-ring (bicyclic) bond motifs is 4. The average molecular weight is 409 g/mol. The number of barbiturate groups is 1. The van der Waals surface area contributed by atoms with Gasteiger partial charge in [0, 0.05) is 24.1 Å². The maximum atomic E-state index is 13.2. The molecule has 5 rings (SSSR count). The van der Waals surface area contributed by atoms with Crippen molar-refractivity contribution in [1.82, 2.24) is 20.2 Å². The summed E-state index contributed by atoms with van der Waals surface area (Å²) in [6, 6.07) is 4.71. The van der Waals surface area contributed by atoms with Crippen LogP contribution in [-0.2, 0) is 20.7 Å². The fourth-order valence-electron chi connectivity index (χ4n) is 5.16. The lowest BCUT2D eigenvalue weighted by atomic mass is 9.66. The van der Waals surface area contributed by atoms with Crippen LogP contribution in [0.15, 0.2) is 30.7 Å². The van der Waals surface area contributed by atoms with E-state index in [1.807, 2.05) is 49.7 Å². The van der Waals surface area contributed by atoms with Crippen LogP contribution < -0.4 is 15.5 Å². The van der Waals surface area contributed by atoms with Crippen molar-refractivity contribution in [3.63, 3.8) is 0 Å². The Morgan fingerprint density at radius 1 is 1.17 bits per heavy atom. The number of carbonyl (C=O) groups is 3. The number of rotatable bonds is 1. The SMILES string of the molecule is Cc1cn(-c2ccc3c(c2)CC2(C(=O)NC(=O)NC2=O)[C@H]2[C@H](C)O[C@H](C)CN32)cn1. The summed E-state index contributed by atoms with van der Waals surface area (Å²) < 4.78 is 7.92. The number of urea groups is 1. The van der Waals surface area contributed by atoms with Gasteiger partial charge in [-0.2, -0.15) is 0 Å². The Kier molecular flexibility index (Phi) is 4.01. The molecule has 0 unspecified atom stereocenters. The van der Waals surface area contributed by atoms with E-state index in [1.54, 1.807) is 6.33 Å². The highest BCUT2D eigenvalue weighted by Crippen LogP contribution is 2.47. The lowest BCUT2D eigenvalue weighted by molar-refractivity contribution is -0.153. The molecule has 0 radical (unpaired) electrons. The van der Waals surface area contributed by atoms with E-state index in [2.05, 4.69) is 20.5 Å². The molecule has 0 bridgehead atoms. The number of morpholine rings is 1. The minimum absolute atomic E-state index is 0.0634. The average Bonchev–Trinajstić information content (AvgIpc) is 3.11. The Morgan fingerprint density at radius 3 is 2.57 bits per heavy atom. The molecule has 0 saturated carbocycles. The molecule has 9 nitrogen and oxygen atoms in total. The van der Waals surface area contributed by atoms with Crippen LogP contribution in [0, 0.1) is 12.3 Å². The van der Waals surface area contributed by atoms with Crippen LogP contribution in [0.2, 0.25) is 0 Å². The fraction of sp³-hybridized carbons (Fsp3) is 0.429. The second kappa shape index (κ2) is 6.40. The topological polar surface area (TPSA) is 106 Å². The van der Waals surface area contributed by atoms with Crippen molar-refractivity contribution in [2.24, 2.45) is 5.41 Å². The smallest absolute Gasteiger partial charge is 0.328 e. The number of anilines is 1. The standard InChI is InChI=1S/C21H23N5O4/c1-11-8-25(10-22-11)15-4-5-16-14(6-15)7-21(18(27)23-20(29)24-19(21)28)17-13(3)30-12(2)9-26(16)17/h4-6,8,10,12-13,17H,7,9H2,1-3H3,(H2,23,24,27,28,29)/t12-,13+,17-/m1/s1. The number of aromatic nitrogens is 2. The molecule has 2 saturated heterocycles. The molecule has 1 aromatic carbocycles. The predicted molar refractivity (Wildman–Crippen MR) is 107 cm³/mol. The van der Waals surface area contributed by atoms with Crippen LogP contribution >= 0.6 is 0 Å². The normalized spacial score (nSPS) is 27.4. The molecule has 2 fully saturated rings. The minimum Gasteiger partial charge on any atom is -0.372 e. The highest BCUT2D eigenvalue weighted by Gasteiger charge is 2.62. The highest BCUT2D eigenvalue weighted by atomic mass is 16.5. The van der Waals surface area contributed by atoms with E-state index >= 15 is 0 Å². The molecule has 1 aromatic heterocycles. The van der Waals surface area contributed by atoms with Gasteiger partial charge in [-0.1, -0.05) is 0 Å². The van der Waals surface area contributed by atoms with Gasteiger partial charge >= 0.3 is 6.03 Å². The van der Waals surface area contributed by atoms with Crippen molar-refractivity contribution in [2.45, 2.75) is 45.4 Å².